The molecule has 0 bridgehead atoms. The van der Waals surface area contributed by atoms with Gasteiger partial charge in [-0.25, -0.2) is 0 Å². The van der Waals surface area contributed by atoms with Crippen molar-refractivity contribution in [1.82, 2.24) is 4.98 Å². The third-order valence-electron chi connectivity index (χ3n) is 1.96. The molecule has 4 nitrogen and oxygen atoms in total. The number of nitrogens with two attached hydrogens (primary N) is 1. The molecule has 0 radical (unpaired) electrons. The van der Waals surface area contributed by atoms with Crippen LogP contribution in [0.5, 0.6) is 0 Å². The molecule has 14 heavy (non-hydrogen) atoms. The molecule has 72 valence electrons. The van der Waals surface area contributed by atoms with Crippen LogP contribution in [0.15, 0.2) is 18.3 Å². The molecular weight excluding hydrogens is 178 g/mol. The molecule has 0 aliphatic rings. The van der Waals surface area contributed by atoms with Gasteiger partial charge in [-0.05, 0) is 26.0 Å². The maximum absolute atomic E-state index is 10.9. The summed E-state index contributed by atoms with van der Waals surface area (Å²) in [7, 11) is 0. The first-order valence-electron chi connectivity index (χ1n) is 4.15. The number of amides is 1. The Morgan fingerprint density at radius 3 is 2.79 bits per heavy atom. The van der Waals surface area contributed by atoms with Crippen LogP contribution in [0, 0.1) is 11.3 Å². The number of carbonyl (C=O) groups excluding carboxylic acids is 1. The van der Waals surface area contributed by atoms with Gasteiger partial charge in [-0.3, -0.25) is 9.78 Å². The van der Waals surface area contributed by atoms with Crippen LogP contribution in [0.2, 0.25) is 0 Å². The Morgan fingerprint density at radius 2 is 2.29 bits per heavy atom. The Morgan fingerprint density at radius 1 is 1.64 bits per heavy atom. The summed E-state index contributed by atoms with van der Waals surface area (Å²) in [6, 6.07) is 5.18. The van der Waals surface area contributed by atoms with Gasteiger partial charge in [0.2, 0.25) is 5.91 Å². The Kier molecular flexibility index (Phi) is 2.52. The summed E-state index contributed by atoms with van der Waals surface area (Å²) in [4.78, 5) is 14.9. The highest BCUT2D eigenvalue weighted by Gasteiger charge is 2.21. The van der Waals surface area contributed by atoms with Crippen molar-refractivity contribution < 1.29 is 4.79 Å². The average Bonchev–Trinajstić information content (AvgIpc) is 2.18. The molecule has 2 N–H and O–H groups in total. The molecule has 0 fully saturated rings. The molecule has 0 saturated carbocycles. The number of aromatic nitrogens is 1. The third-order valence-corrected chi connectivity index (χ3v) is 1.96. The fraction of sp³-hybridized carbons (Fsp3) is 0.300. The Bertz CT molecular complexity index is 404. The van der Waals surface area contributed by atoms with Crippen LogP contribution in [-0.2, 0) is 5.41 Å². The van der Waals surface area contributed by atoms with E-state index in [4.69, 9.17) is 11.0 Å². The van der Waals surface area contributed by atoms with Crippen molar-refractivity contribution in [3.05, 3.63) is 29.6 Å². The average molecular weight is 189 g/mol. The Balaban J connectivity index is 3.20. The second kappa shape index (κ2) is 3.46. The van der Waals surface area contributed by atoms with Crippen molar-refractivity contribution in [2.45, 2.75) is 19.3 Å². The summed E-state index contributed by atoms with van der Waals surface area (Å²) in [5, 5.41) is 8.87. The van der Waals surface area contributed by atoms with E-state index in [2.05, 4.69) is 11.1 Å². The van der Waals surface area contributed by atoms with Crippen LogP contribution in [0.3, 0.4) is 0 Å². The summed E-state index contributed by atoms with van der Waals surface area (Å²) >= 11 is 0. The van der Waals surface area contributed by atoms with Crippen LogP contribution >= 0.6 is 0 Å². The van der Waals surface area contributed by atoms with Crippen molar-refractivity contribution in [2.24, 2.45) is 5.73 Å². The normalized spacial score (nSPS) is 10.6. The topological polar surface area (TPSA) is 79.8 Å². The largest absolute Gasteiger partial charge is 0.366 e. The number of rotatable bonds is 2. The highest BCUT2D eigenvalue weighted by Crippen LogP contribution is 2.20. The first kappa shape index (κ1) is 10.2. The second-order valence-corrected chi connectivity index (χ2v) is 3.53. The van der Waals surface area contributed by atoms with E-state index in [1.165, 1.54) is 12.3 Å². The highest BCUT2D eigenvalue weighted by molar-refractivity contribution is 5.92. The lowest BCUT2D eigenvalue weighted by Crippen LogP contribution is -2.18. The standard InChI is InChI=1S/C10H11N3O/c1-10(2,6-11)8-5-7(9(12)14)3-4-13-8/h3-5H,1-2H3,(H2,12,14). The minimum Gasteiger partial charge on any atom is -0.366 e. The van der Waals surface area contributed by atoms with Gasteiger partial charge < -0.3 is 5.73 Å². The molecule has 1 aromatic rings. The van der Waals surface area contributed by atoms with Gasteiger partial charge in [-0.2, -0.15) is 5.26 Å². The van der Waals surface area contributed by atoms with E-state index in [1.54, 1.807) is 19.9 Å². The number of pyridine rings is 1. The van der Waals surface area contributed by atoms with Gasteiger partial charge in [0.1, 0.15) is 0 Å². The van der Waals surface area contributed by atoms with E-state index in [9.17, 15) is 4.79 Å². The first-order chi connectivity index (χ1) is 6.47. The molecule has 0 spiro atoms. The summed E-state index contributed by atoms with van der Waals surface area (Å²) < 4.78 is 0. The number of nitriles is 1. The van der Waals surface area contributed by atoms with Gasteiger partial charge in [0, 0.05) is 11.8 Å². The molecule has 0 aromatic carbocycles. The minimum absolute atomic E-state index is 0.373. The molecule has 0 unspecified atom stereocenters. The first-order valence-corrected chi connectivity index (χ1v) is 4.15. The molecule has 1 heterocycles. The van der Waals surface area contributed by atoms with Gasteiger partial charge in [-0.1, -0.05) is 0 Å². The summed E-state index contributed by atoms with van der Waals surface area (Å²) in [6.07, 6.45) is 1.48. The SMILES string of the molecule is CC(C)(C#N)c1cc(C(N)=O)ccn1. The van der Waals surface area contributed by atoms with Crippen molar-refractivity contribution in [1.29, 1.82) is 5.26 Å². The van der Waals surface area contributed by atoms with Crippen LogP contribution in [-0.4, -0.2) is 10.9 Å². The van der Waals surface area contributed by atoms with Gasteiger partial charge >= 0.3 is 0 Å². The molecule has 0 saturated heterocycles. The zero-order valence-electron chi connectivity index (χ0n) is 8.11. The predicted molar refractivity (Wildman–Crippen MR) is 51.4 cm³/mol. The lowest BCUT2D eigenvalue weighted by Gasteiger charge is -2.14. The highest BCUT2D eigenvalue weighted by atomic mass is 16.1. The number of hydrogen-bond acceptors (Lipinski definition) is 3. The maximum atomic E-state index is 10.9. The number of carbonyl (C=O) groups is 1. The van der Waals surface area contributed by atoms with Crippen LogP contribution < -0.4 is 5.73 Å². The molecule has 1 aromatic heterocycles. The van der Waals surface area contributed by atoms with Crippen LogP contribution in [0.1, 0.15) is 29.9 Å². The van der Waals surface area contributed by atoms with Gasteiger partial charge in [0.15, 0.2) is 0 Å². The lowest BCUT2D eigenvalue weighted by molar-refractivity contribution is 0.1000. The molecular formula is C10H11N3O. The van der Waals surface area contributed by atoms with Crippen molar-refractivity contribution in [3.63, 3.8) is 0 Å². The third kappa shape index (κ3) is 1.88. The van der Waals surface area contributed by atoms with E-state index in [0.29, 0.717) is 11.3 Å². The van der Waals surface area contributed by atoms with Crippen LogP contribution in [0.25, 0.3) is 0 Å². The smallest absolute Gasteiger partial charge is 0.248 e. The van der Waals surface area contributed by atoms with Crippen molar-refractivity contribution >= 4 is 5.91 Å². The van der Waals surface area contributed by atoms with E-state index in [-0.39, 0.29) is 0 Å². The van der Waals surface area contributed by atoms with Gasteiger partial charge in [0.25, 0.3) is 0 Å². The summed E-state index contributed by atoms with van der Waals surface area (Å²) in [5.41, 5.74) is 5.34. The van der Waals surface area contributed by atoms with E-state index >= 15 is 0 Å². The summed E-state index contributed by atoms with van der Waals surface area (Å²) in [5.74, 6) is -0.512. The Labute approximate surface area is 82.4 Å². The number of nitrogens with zero attached hydrogens (tertiary/aromatic N) is 2. The van der Waals surface area contributed by atoms with Crippen LogP contribution in [0.4, 0.5) is 0 Å². The molecule has 0 aliphatic carbocycles. The fourth-order valence-electron chi connectivity index (χ4n) is 0.983. The lowest BCUT2D eigenvalue weighted by atomic mass is 9.90. The molecule has 0 aliphatic heterocycles. The number of primary amides is 1. The van der Waals surface area contributed by atoms with Crippen molar-refractivity contribution in [2.75, 3.05) is 0 Å². The van der Waals surface area contributed by atoms with Crippen molar-refractivity contribution in [3.8, 4) is 6.07 Å². The molecule has 1 rings (SSSR count). The number of hydrogen-bond donors (Lipinski definition) is 1. The van der Waals surface area contributed by atoms with Gasteiger partial charge in [-0.15, -0.1) is 0 Å². The fourth-order valence-corrected chi connectivity index (χ4v) is 0.983. The van der Waals surface area contributed by atoms with Gasteiger partial charge in [0.05, 0.1) is 17.2 Å². The Hall–Kier alpha value is -1.89. The predicted octanol–water partition coefficient (Wildman–Crippen LogP) is 0.982. The van der Waals surface area contributed by atoms with E-state index in [0.717, 1.165) is 0 Å². The zero-order valence-corrected chi connectivity index (χ0v) is 8.11. The zero-order chi connectivity index (χ0) is 10.8. The minimum atomic E-state index is -0.703. The molecule has 4 heteroatoms. The maximum Gasteiger partial charge on any atom is 0.248 e. The quantitative estimate of drug-likeness (QED) is 0.753. The molecule has 0 atom stereocenters. The molecule has 1 amide bonds. The summed E-state index contributed by atoms with van der Waals surface area (Å²) in [6.45, 7) is 3.47. The van der Waals surface area contributed by atoms with E-state index in [1.807, 2.05) is 0 Å². The second-order valence-electron chi connectivity index (χ2n) is 3.53. The monoisotopic (exact) mass is 189 g/mol. The van der Waals surface area contributed by atoms with E-state index < -0.39 is 11.3 Å².